The quantitative estimate of drug-likeness (QED) is 0.429. The van der Waals surface area contributed by atoms with Gasteiger partial charge in [-0.1, -0.05) is 12.8 Å². The third-order valence-corrected chi connectivity index (χ3v) is 8.69. The van der Waals surface area contributed by atoms with Crippen LogP contribution in [-0.4, -0.2) is 92.2 Å². The molecule has 3 aliphatic rings. The Morgan fingerprint density at radius 2 is 1.77 bits per heavy atom. The van der Waals surface area contributed by atoms with Crippen LogP contribution in [0.2, 0.25) is 0 Å². The first-order valence-electron chi connectivity index (χ1n) is 14.9. The van der Waals surface area contributed by atoms with Crippen molar-refractivity contribution in [3.63, 3.8) is 0 Å². The van der Waals surface area contributed by atoms with Crippen LogP contribution in [0.3, 0.4) is 0 Å². The summed E-state index contributed by atoms with van der Waals surface area (Å²) in [6, 6.07) is 5.40. The second-order valence-corrected chi connectivity index (χ2v) is 11.8. The lowest BCUT2D eigenvalue weighted by atomic mass is 10.1. The smallest absolute Gasteiger partial charge is 0.270 e. The van der Waals surface area contributed by atoms with Crippen LogP contribution in [0.25, 0.3) is 11.0 Å². The molecule has 2 atom stereocenters. The zero-order valence-electron chi connectivity index (χ0n) is 24.7. The highest BCUT2D eigenvalue weighted by molar-refractivity contribution is 5.98. The number of carbonyl (C=O) groups is 4. The molecule has 1 unspecified atom stereocenters. The topological polar surface area (TPSA) is 146 Å². The standard InChI is InChI=1S/C30H37N9O4/c1-18(40)31-16-27(42)38-21-8-9-23(38)17-37(26(41)13-21)22-10-11-25(32-15-22)34-30-33-14-19-12-24(29(43)36(2)3)39(28(19)35-30)20-6-4-5-7-20/h10-12,14-15,20-21,23H,4-9,13,16-17H2,1-3H3,(H,31,40)(H,32,33,34,35)/t21?,23-/m0/s1. The predicted octanol–water partition coefficient (Wildman–Crippen LogP) is 2.62. The number of hydrogen-bond donors (Lipinski definition) is 2. The number of amides is 4. The third kappa shape index (κ3) is 5.63. The first-order chi connectivity index (χ1) is 20.7. The molecule has 2 bridgehead atoms. The lowest BCUT2D eigenvalue weighted by Crippen LogP contribution is -2.47. The molecule has 2 aliphatic heterocycles. The first kappa shape index (κ1) is 28.6. The number of pyridine rings is 1. The maximum absolute atomic E-state index is 13.2. The van der Waals surface area contributed by atoms with Crippen molar-refractivity contribution in [1.82, 2.24) is 34.6 Å². The zero-order chi connectivity index (χ0) is 30.2. The molecule has 0 spiro atoms. The van der Waals surface area contributed by atoms with E-state index in [1.807, 2.05) is 12.1 Å². The van der Waals surface area contributed by atoms with Crippen molar-refractivity contribution in [3.05, 3.63) is 36.3 Å². The molecule has 43 heavy (non-hydrogen) atoms. The lowest BCUT2D eigenvalue weighted by molar-refractivity contribution is -0.134. The minimum Gasteiger partial charge on any atom is -0.347 e. The number of hydrogen-bond acceptors (Lipinski definition) is 8. The molecule has 4 amide bonds. The molecule has 3 aromatic rings. The molecule has 0 aromatic carbocycles. The molecular weight excluding hydrogens is 550 g/mol. The molecular formula is C30H37N9O4. The summed E-state index contributed by atoms with van der Waals surface area (Å²) in [6.07, 6.45) is 9.42. The van der Waals surface area contributed by atoms with Crippen LogP contribution < -0.4 is 15.5 Å². The van der Waals surface area contributed by atoms with E-state index < -0.39 is 0 Å². The summed E-state index contributed by atoms with van der Waals surface area (Å²) in [5.74, 6) is 0.340. The van der Waals surface area contributed by atoms with Gasteiger partial charge in [-0.15, -0.1) is 0 Å². The first-order valence-corrected chi connectivity index (χ1v) is 14.9. The third-order valence-electron chi connectivity index (χ3n) is 8.69. The molecule has 13 nitrogen and oxygen atoms in total. The Labute approximate surface area is 249 Å². The van der Waals surface area contributed by atoms with E-state index in [1.54, 1.807) is 47.3 Å². The van der Waals surface area contributed by atoms with Gasteiger partial charge in [-0.05, 0) is 43.9 Å². The number of nitrogens with one attached hydrogen (secondary N) is 2. The van der Waals surface area contributed by atoms with Gasteiger partial charge in [0.2, 0.25) is 23.7 Å². The Morgan fingerprint density at radius 3 is 2.47 bits per heavy atom. The SMILES string of the molecule is CC(=O)NCC(=O)N1C2CC[C@H]1CN(c1ccc(Nc3ncc4cc(C(=O)N(C)C)n(C5CCCC5)c4n3)nc1)C(=O)C2. The number of anilines is 3. The van der Waals surface area contributed by atoms with Gasteiger partial charge in [0.05, 0.1) is 24.5 Å². The average molecular weight is 588 g/mol. The maximum Gasteiger partial charge on any atom is 0.270 e. The van der Waals surface area contributed by atoms with Gasteiger partial charge in [-0.25, -0.2) is 9.97 Å². The number of nitrogens with zero attached hydrogens (tertiary/aromatic N) is 7. The van der Waals surface area contributed by atoms with E-state index in [9.17, 15) is 19.2 Å². The Balaban J connectivity index is 1.20. The molecule has 13 heteroatoms. The Bertz CT molecular complexity index is 1560. The van der Waals surface area contributed by atoms with Crippen molar-refractivity contribution in [1.29, 1.82) is 0 Å². The molecule has 6 rings (SSSR count). The number of fused-ring (bicyclic) bond motifs is 3. The lowest BCUT2D eigenvalue weighted by Gasteiger charge is -2.29. The number of carbonyl (C=O) groups excluding carboxylic acids is 4. The van der Waals surface area contributed by atoms with E-state index in [1.165, 1.54) is 6.92 Å². The van der Waals surface area contributed by atoms with Crippen LogP contribution in [0.15, 0.2) is 30.6 Å². The highest BCUT2D eigenvalue weighted by Gasteiger charge is 2.43. The largest absolute Gasteiger partial charge is 0.347 e. The van der Waals surface area contributed by atoms with Gasteiger partial charge in [0.15, 0.2) is 0 Å². The average Bonchev–Trinajstić information content (AvgIpc) is 3.71. The van der Waals surface area contributed by atoms with Crippen LogP contribution in [-0.2, 0) is 14.4 Å². The summed E-state index contributed by atoms with van der Waals surface area (Å²) < 4.78 is 2.07. The zero-order valence-corrected chi connectivity index (χ0v) is 24.7. The summed E-state index contributed by atoms with van der Waals surface area (Å²) in [6.45, 7) is 1.69. The molecule has 3 aromatic heterocycles. The van der Waals surface area contributed by atoms with Crippen LogP contribution in [0.4, 0.5) is 17.5 Å². The second-order valence-electron chi connectivity index (χ2n) is 11.8. The van der Waals surface area contributed by atoms with E-state index in [0.29, 0.717) is 35.3 Å². The second kappa shape index (κ2) is 11.6. The molecule has 1 saturated carbocycles. The molecule has 2 N–H and O–H groups in total. The van der Waals surface area contributed by atoms with E-state index in [-0.39, 0.29) is 54.7 Å². The summed E-state index contributed by atoms with van der Waals surface area (Å²) in [7, 11) is 3.50. The van der Waals surface area contributed by atoms with E-state index >= 15 is 0 Å². The number of aromatic nitrogens is 4. The maximum atomic E-state index is 13.2. The number of rotatable bonds is 7. The van der Waals surface area contributed by atoms with Gasteiger partial charge in [-0.3, -0.25) is 19.2 Å². The molecule has 226 valence electrons. The van der Waals surface area contributed by atoms with Crippen molar-refractivity contribution in [2.45, 2.75) is 70.0 Å². The Morgan fingerprint density at radius 1 is 1.00 bits per heavy atom. The van der Waals surface area contributed by atoms with Gasteiger partial charge in [-0.2, -0.15) is 4.98 Å². The Kier molecular flexibility index (Phi) is 7.72. The fourth-order valence-electron chi connectivity index (χ4n) is 6.64. The van der Waals surface area contributed by atoms with E-state index in [4.69, 9.17) is 4.98 Å². The van der Waals surface area contributed by atoms with Gasteiger partial charge in [0.25, 0.3) is 5.91 Å². The van der Waals surface area contributed by atoms with Gasteiger partial charge < -0.3 is 29.9 Å². The van der Waals surface area contributed by atoms with Crippen molar-refractivity contribution >= 4 is 52.1 Å². The molecule has 3 fully saturated rings. The fraction of sp³-hybridized carbons (Fsp3) is 0.500. The molecule has 5 heterocycles. The summed E-state index contributed by atoms with van der Waals surface area (Å²) in [5, 5.41) is 6.55. The highest BCUT2D eigenvalue weighted by atomic mass is 16.2. The van der Waals surface area contributed by atoms with Gasteiger partial charge >= 0.3 is 0 Å². The van der Waals surface area contributed by atoms with Gasteiger partial charge in [0.1, 0.15) is 17.2 Å². The monoisotopic (exact) mass is 587 g/mol. The summed E-state index contributed by atoms with van der Waals surface area (Å²) in [4.78, 5) is 69.2. The van der Waals surface area contributed by atoms with Crippen molar-refractivity contribution in [2.24, 2.45) is 0 Å². The van der Waals surface area contributed by atoms with Crippen molar-refractivity contribution < 1.29 is 19.2 Å². The highest BCUT2D eigenvalue weighted by Crippen LogP contribution is 2.35. The molecule has 2 saturated heterocycles. The summed E-state index contributed by atoms with van der Waals surface area (Å²) >= 11 is 0. The van der Waals surface area contributed by atoms with E-state index in [0.717, 1.165) is 43.9 Å². The van der Waals surface area contributed by atoms with Crippen LogP contribution >= 0.6 is 0 Å². The van der Waals surface area contributed by atoms with Crippen LogP contribution in [0.1, 0.15) is 68.4 Å². The normalized spacial score (nSPS) is 20.4. The van der Waals surface area contributed by atoms with Crippen molar-refractivity contribution in [2.75, 3.05) is 37.4 Å². The molecule has 1 aliphatic carbocycles. The van der Waals surface area contributed by atoms with E-state index in [2.05, 4.69) is 25.2 Å². The molecule has 0 radical (unpaired) electrons. The predicted molar refractivity (Wildman–Crippen MR) is 160 cm³/mol. The minimum absolute atomic E-state index is 0.0587. The minimum atomic E-state index is -0.259. The van der Waals surface area contributed by atoms with Crippen LogP contribution in [0.5, 0.6) is 0 Å². The Hall–Kier alpha value is -4.55. The van der Waals surface area contributed by atoms with Gasteiger partial charge in [0, 0.05) is 57.7 Å². The van der Waals surface area contributed by atoms with Crippen molar-refractivity contribution in [3.8, 4) is 0 Å². The summed E-state index contributed by atoms with van der Waals surface area (Å²) in [5.41, 5.74) is 1.98. The fourth-order valence-corrected chi connectivity index (χ4v) is 6.64. The van der Waals surface area contributed by atoms with Crippen LogP contribution in [0, 0.1) is 0 Å².